The standard InChI is InChI=1S/C35H47N3.3ClH.Co/c1-5-9-16-28-20-13-21-29(17-10-6-2)34(28)36-26-32-24-15-25-33(38-32)27-37-35-30(18-11-7-3)22-14-23-31(35)19-12-8-4;;;;/h13-15,20-27H,5-12,16-19H2,1-4H3;3*1H;/q;;;;+3/p-3. The summed E-state index contributed by atoms with van der Waals surface area (Å²) < 4.78 is 0. The molecule has 0 bridgehead atoms. The zero-order chi connectivity index (χ0) is 27.0. The number of aromatic nitrogens is 1. The van der Waals surface area contributed by atoms with Crippen LogP contribution < -0.4 is 37.2 Å². The van der Waals surface area contributed by atoms with Crippen molar-refractivity contribution in [2.24, 2.45) is 9.98 Å². The van der Waals surface area contributed by atoms with Gasteiger partial charge in [0.15, 0.2) is 0 Å². The van der Waals surface area contributed by atoms with E-state index >= 15 is 0 Å². The quantitative estimate of drug-likeness (QED) is 0.209. The van der Waals surface area contributed by atoms with E-state index < -0.39 is 0 Å². The molecular weight excluding hydrogens is 628 g/mol. The molecule has 0 unspecified atom stereocenters. The van der Waals surface area contributed by atoms with Crippen LogP contribution in [0.25, 0.3) is 0 Å². The molecule has 3 rings (SSSR count). The van der Waals surface area contributed by atoms with Gasteiger partial charge in [0.25, 0.3) is 0 Å². The van der Waals surface area contributed by atoms with Gasteiger partial charge >= 0.3 is 16.8 Å². The molecule has 1 heterocycles. The summed E-state index contributed by atoms with van der Waals surface area (Å²) in [4.78, 5) is 14.9. The molecule has 0 atom stereocenters. The molecule has 42 heavy (non-hydrogen) atoms. The number of halogens is 3. The molecule has 1 aromatic heterocycles. The fourth-order valence-electron chi connectivity index (χ4n) is 4.77. The molecule has 0 spiro atoms. The maximum Gasteiger partial charge on any atom is 3.00 e. The molecule has 0 fully saturated rings. The van der Waals surface area contributed by atoms with Gasteiger partial charge in [-0.1, -0.05) is 95.8 Å². The average Bonchev–Trinajstić information content (AvgIpc) is 2.95. The third-order valence-electron chi connectivity index (χ3n) is 7.05. The summed E-state index contributed by atoms with van der Waals surface area (Å²) in [5.74, 6) is 0. The number of rotatable bonds is 16. The van der Waals surface area contributed by atoms with Crippen molar-refractivity contribution in [3.63, 3.8) is 0 Å². The van der Waals surface area contributed by atoms with Crippen molar-refractivity contribution < 1.29 is 54.0 Å². The van der Waals surface area contributed by atoms with Crippen LogP contribution in [0.5, 0.6) is 0 Å². The molecule has 0 aliphatic heterocycles. The predicted molar refractivity (Wildman–Crippen MR) is 166 cm³/mol. The molecule has 3 aromatic rings. The first-order valence-corrected chi connectivity index (χ1v) is 15.0. The Labute approximate surface area is 284 Å². The second-order valence-electron chi connectivity index (χ2n) is 10.3. The molecule has 7 heteroatoms. The van der Waals surface area contributed by atoms with E-state index in [0.29, 0.717) is 0 Å². The zero-order valence-corrected chi connectivity index (χ0v) is 29.0. The van der Waals surface area contributed by atoms with Gasteiger partial charge in [-0.2, -0.15) is 0 Å². The Balaban J connectivity index is 0. The number of pyridine rings is 1. The minimum absolute atomic E-state index is 0. The number of unbranched alkanes of at least 4 members (excludes halogenated alkanes) is 4. The fraction of sp³-hybridized carbons (Fsp3) is 0.457. The minimum Gasteiger partial charge on any atom is -1.00 e. The van der Waals surface area contributed by atoms with Gasteiger partial charge in [-0.05, 0) is 85.8 Å². The fourth-order valence-corrected chi connectivity index (χ4v) is 4.77. The Kier molecular flexibility index (Phi) is 25.0. The summed E-state index contributed by atoms with van der Waals surface area (Å²) in [7, 11) is 0. The van der Waals surface area contributed by atoms with E-state index in [-0.39, 0.29) is 54.0 Å². The van der Waals surface area contributed by atoms with Gasteiger partial charge in [-0.3, -0.25) is 9.98 Å². The molecule has 232 valence electrons. The number of para-hydroxylation sites is 2. The zero-order valence-electron chi connectivity index (χ0n) is 25.6. The first-order chi connectivity index (χ1) is 18.7. The third kappa shape index (κ3) is 13.7. The number of nitrogens with zero attached hydrogens (tertiary/aromatic N) is 3. The van der Waals surface area contributed by atoms with Crippen molar-refractivity contribution in [3.05, 3.63) is 88.2 Å². The molecule has 2 aromatic carbocycles. The third-order valence-corrected chi connectivity index (χ3v) is 7.05. The molecule has 0 saturated carbocycles. The first-order valence-electron chi connectivity index (χ1n) is 15.0. The van der Waals surface area contributed by atoms with Gasteiger partial charge in [0, 0.05) is 0 Å². The van der Waals surface area contributed by atoms with Crippen molar-refractivity contribution in [3.8, 4) is 0 Å². The molecule has 0 amide bonds. The van der Waals surface area contributed by atoms with Crippen LogP contribution in [0.15, 0.2) is 64.6 Å². The summed E-state index contributed by atoms with van der Waals surface area (Å²) in [5, 5.41) is 0. The van der Waals surface area contributed by atoms with Crippen molar-refractivity contribution in [1.82, 2.24) is 4.98 Å². The van der Waals surface area contributed by atoms with Crippen LogP contribution in [0, 0.1) is 0 Å². The van der Waals surface area contributed by atoms with E-state index in [2.05, 4.69) is 70.2 Å². The van der Waals surface area contributed by atoms with Crippen LogP contribution in [0.1, 0.15) is 113 Å². The Hall–Kier alpha value is -1.69. The maximum atomic E-state index is 5.01. The Morgan fingerprint density at radius 1 is 0.500 bits per heavy atom. The van der Waals surface area contributed by atoms with Crippen molar-refractivity contribution >= 4 is 23.8 Å². The molecule has 0 N–H and O–H groups in total. The van der Waals surface area contributed by atoms with Crippen LogP contribution in [0.2, 0.25) is 0 Å². The van der Waals surface area contributed by atoms with Gasteiger partial charge < -0.3 is 37.2 Å². The number of aryl methyl sites for hydroxylation is 4. The van der Waals surface area contributed by atoms with E-state index in [9.17, 15) is 0 Å². The number of benzene rings is 2. The molecule has 3 nitrogen and oxygen atoms in total. The van der Waals surface area contributed by atoms with Crippen molar-refractivity contribution in [2.75, 3.05) is 0 Å². The summed E-state index contributed by atoms with van der Waals surface area (Å²) in [6.45, 7) is 8.98. The smallest absolute Gasteiger partial charge is 1.00 e. The normalized spacial score (nSPS) is 10.6. The number of aliphatic imine (C=N–C) groups is 2. The van der Waals surface area contributed by atoms with Gasteiger partial charge in [0.1, 0.15) is 0 Å². The van der Waals surface area contributed by atoms with Gasteiger partial charge in [-0.15, -0.1) is 0 Å². The van der Waals surface area contributed by atoms with Gasteiger partial charge in [0.05, 0.1) is 35.2 Å². The Morgan fingerprint density at radius 3 is 1.07 bits per heavy atom. The van der Waals surface area contributed by atoms with Crippen LogP contribution in [0.3, 0.4) is 0 Å². The Morgan fingerprint density at radius 2 is 0.786 bits per heavy atom. The van der Waals surface area contributed by atoms with Crippen LogP contribution in [-0.2, 0) is 42.5 Å². The monoisotopic (exact) mass is 673 g/mol. The van der Waals surface area contributed by atoms with Crippen molar-refractivity contribution in [2.45, 2.75) is 105 Å². The van der Waals surface area contributed by atoms with E-state index in [1.54, 1.807) is 0 Å². The number of hydrogen-bond acceptors (Lipinski definition) is 3. The predicted octanol–water partition coefficient (Wildman–Crippen LogP) is 0.963. The van der Waals surface area contributed by atoms with E-state index in [1.807, 2.05) is 24.6 Å². The molecule has 0 aliphatic rings. The van der Waals surface area contributed by atoms with Gasteiger partial charge in [-0.25, -0.2) is 4.98 Å². The molecular formula is C35H47Cl3CoN3. The second kappa shape index (κ2) is 24.7. The summed E-state index contributed by atoms with van der Waals surface area (Å²) in [6.07, 6.45) is 17.6. The molecule has 0 saturated heterocycles. The Bertz CT molecular complexity index is 1060. The minimum atomic E-state index is 0. The first kappa shape index (κ1) is 42.4. The van der Waals surface area contributed by atoms with Crippen LogP contribution >= 0.6 is 0 Å². The van der Waals surface area contributed by atoms with E-state index in [0.717, 1.165) is 48.4 Å². The number of hydrogen-bond donors (Lipinski definition) is 0. The van der Waals surface area contributed by atoms with Crippen LogP contribution in [0.4, 0.5) is 11.4 Å². The topological polar surface area (TPSA) is 37.6 Å². The largest absolute Gasteiger partial charge is 3.00 e. The molecule has 0 aliphatic carbocycles. The molecule has 0 radical (unpaired) electrons. The maximum absolute atomic E-state index is 5.01. The van der Waals surface area contributed by atoms with E-state index in [4.69, 9.17) is 15.0 Å². The summed E-state index contributed by atoms with van der Waals surface area (Å²) >= 11 is 0. The summed E-state index contributed by atoms with van der Waals surface area (Å²) in [6, 6.07) is 19.4. The average molecular weight is 675 g/mol. The van der Waals surface area contributed by atoms with Crippen LogP contribution in [-0.4, -0.2) is 17.4 Å². The van der Waals surface area contributed by atoms with Gasteiger partial charge in [0.2, 0.25) is 0 Å². The SMILES string of the molecule is CCCCc1cccc(CCCC)c1N=Cc1cccc(C=Nc2c(CCCC)cccc2CCCC)n1.[Cl-].[Cl-].[Cl-].[Co+3]. The summed E-state index contributed by atoms with van der Waals surface area (Å²) in [5.41, 5.74) is 9.39. The van der Waals surface area contributed by atoms with E-state index in [1.165, 1.54) is 73.6 Å². The van der Waals surface area contributed by atoms with Crippen molar-refractivity contribution in [1.29, 1.82) is 0 Å². The second-order valence-corrected chi connectivity index (χ2v) is 10.3.